The molecule has 1 saturated carbocycles. The number of hydrogen-bond donors (Lipinski definition) is 1. The molecule has 6 nitrogen and oxygen atoms in total. The van der Waals surface area contributed by atoms with E-state index in [1.807, 2.05) is 0 Å². The molecule has 1 N–H and O–H groups in total. The molecule has 1 fully saturated rings. The predicted octanol–water partition coefficient (Wildman–Crippen LogP) is 1.01. The summed E-state index contributed by atoms with van der Waals surface area (Å²) in [4.78, 5) is 24.7. The summed E-state index contributed by atoms with van der Waals surface area (Å²) in [6.07, 6.45) is 0.310. The number of nitrogens with zero attached hydrogens (tertiary/aromatic N) is 3. The monoisotopic (exact) mass is 327 g/mol. The van der Waals surface area contributed by atoms with Crippen LogP contribution in [0.15, 0.2) is 9.59 Å². The lowest BCUT2D eigenvalue weighted by Gasteiger charge is -2.29. The first-order valence-electron chi connectivity index (χ1n) is 7.53. The van der Waals surface area contributed by atoms with Crippen LogP contribution in [0.3, 0.4) is 0 Å². The second-order valence-corrected chi connectivity index (χ2v) is 5.96. The number of alkyl halides is 2. The Bertz CT molecular complexity index is 746. The molecular formula is C15H19F2N3O3. The molecule has 0 spiro atoms. The summed E-state index contributed by atoms with van der Waals surface area (Å²) >= 11 is 0. The molecule has 1 atom stereocenters. The first kappa shape index (κ1) is 17.3. The number of aliphatic hydroxyl groups is 1. The normalized spacial score (nSPS) is 20.2. The molecule has 8 heteroatoms. The van der Waals surface area contributed by atoms with Gasteiger partial charge in [0.2, 0.25) is 5.92 Å². The van der Waals surface area contributed by atoms with E-state index in [4.69, 9.17) is 10.4 Å². The maximum atomic E-state index is 13.5. The summed E-state index contributed by atoms with van der Waals surface area (Å²) in [6, 6.07) is 1.76. The van der Waals surface area contributed by atoms with Gasteiger partial charge in [0.1, 0.15) is 11.6 Å². The van der Waals surface area contributed by atoms with E-state index in [2.05, 4.69) is 0 Å². The largest absolute Gasteiger partial charge is 0.395 e. The fourth-order valence-electron chi connectivity index (χ4n) is 3.14. The van der Waals surface area contributed by atoms with Gasteiger partial charge in [-0.3, -0.25) is 13.9 Å². The highest BCUT2D eigenvalue weighted by Crippen LogP contribution is 2.36. The molecule has 1 heterocycles. The summed E-state index contributed by atoms with van der Waals surface area (Å²) in [5.74, 6) is -3.26. The number of nitriles is 1. The van der Waals surface area contributed by atoms with Crippen molar-refractivity contribution < 1.29 is 13.9 Å². The highest BCUT2D eigenvalue weighted by atomic mass is 19.3. The molecule has 0 radical (unpaired) electrons. The van der Waals surface area contributed by atoms with E-state index in [1.165, 1.54) is 6.92 Å². The highest BCUT2D eigenvalue weighted by molar-refractivity contribution is 5.30. The Labute approximate surface area is 131 Å². The number of aromatic nitrogens is 2. The van der Waals surface area contributed by atoms with E-state index in [0.29, 0.717) is 12.8 Å². The number of rotatable bonds is 4. The van der Waals surface area contributed by atoms with E-state index < -0.39 is 23.1 Å². The minimum absolute atomic E-state index is 0.0551. The fraction of sp³-hybridized carbons (Fsp3) is 0.667. The number of aliphatic hydroxyl groups excluding tert-OH is 1. The zero-order chi connectivity index (χ0) is 17.2. The van der Waals surface area contributed by atoms with Gasteiger partial charge in [-0.25, -0.2) is 13.6 Å². The summed E-state index contributed by atoms with van der Waals surface area (Å²) < 4.78 is 29.0. The van der Waals surface area contributed by atoms with Crippen molar-refractivity contribution in [3.8, 4) is 6.07 Å². The zero-order valence-electron chi connectivity index (χ0n) is 12.9. The van der Waals surface area contributed by atoms with Crippen LogP contribution in [0.1, 0.15) is 36.9 Å². The molecule has 0 aliphatic heterocycles. The van der Waals surface area contributed by atoms with Gasteiger partial charge in [-0.2, -0.15) is 5.26 Å². The van der Waals surface area contributed by atoms with Crippen molar-refractivity contribution in [2.24, 2.45) is 5.92 Å². The van der Waals surface area contributed by atoms with Gasteiger partial charge in [-0.15, -0.1) is 0 Å². The summed E-state index contributed by atoms with van der Waals surface area (Å²) in [5, 5.41) is 18.2. The molecule has 1 aliphatic rings. The average Bonchev–Trinajstić information content (AvgIpc) is 2.48. The van der Waals surface area contributed by atoms with Gasteiger partial charge in [0.15, 0.2) is 0 Å². The Morgan fingerprint density at radius 3 is 2.65 bits per heavy atom. The maximum Gasteiger partial charge on any atom is 0.331 e. The van der Waals surface area contributed by atoms with Crippen LogP contribution in [0.2, 0.25) is 0 Å². The van der Waals surface area contributed by atoms with Crippen LogP contribution in [-0.2, 0) is 13.1 Å². The Morgan fingerprint density at radius 2 is 2.09 bits per heavy atom. The van der Waals surface area contributed by atoms with Gasteiger partial charge >= 0.3 is 5.69 Å². The van der Waals surface area contributed by atoms with Gasteiger partial charge in [-0.1, -0.05) is 0 Å². The molecule has 0 saturated heterocycles. The van der Waals surface area contributed by atoms with Crippen LogP contribution in [0.25, 0.3) is 0 Å². The van der Waals surface area contributed by atoms with Crippen LogP contribution in [0, 0.1) is 24.2 Å². The fourth-order valence-corrected chi connectivity index (χ4v) is 3.14. The van der Waals surface area contributed by atoms with Crippen molar-refractivity contribution in [3.05, 3.63) is 32.1 Å². The summed E-state index contributed by atoms with van der Waals surface area (Å²) in [6.45, 7) is 0.940. The Balaban J connectivity index is 2.46. The van der Waals surface area contributed by atoms with Gasteiger partial charge in [-0.05, 0) is 25.7 Å². The molecule has 2 rings (SSSR count). The molecule has 1 aliphatic carbocycles. The number of halogens is 2. The molecule has 1 unspecified atom stereocenters. The van der Waals surface area contributed by atoms with Crippen LogP contribution in [0.5, 0.6) is 0 Å². The third-order valence-corrected chi connectivity index (χ3v) is 4.31. The third-order valence-electron chi connectivity index (χ3n) is 4.31. The lowest BCUT2D eigenvalue weighted by atomic mass is 9.86. The van der Waals surface area contributed by atoms with E-state index in [-0.39, 0.29) is 43.8 Å². The maximum absolute atomic E-state index is 13.5. The third kappa shape index (κ3) is 3.50. The molecule has 0 bridgehead atoms. The van der Waals surface area contributed by atoms with Gasteiger partial charge < -0.3 is 5.11 Å². The highest BCUT2D eigenvalue weighted by Gasteiger charge is 2.36. The van der Waals surface area contributed by atoms with Gasteiger partial charge in [0.05, 0.1) is 13.2 Å². The quantitative estimate of drug-likeness (QED) is 0.894. The van der Waals surface area contributed by atoms with Crippen molar-refractivity contribution in [1.82, 2.24) is 9.13 Å². The second kappa shape index (κ2) is 6.62. The summed E-state index contributed by atoms with van der Waals surface area (Å²) in [5.41, 5.74) is -1.44. The van der Waals surface area contributed by atoms with Gasteiger partial charge in [0.25, 0.3) is 5.56 Å². The lowest BCUT2D eigenvalue weighted by Crippen LogP contribution is -2.45. The topological polar surface area (TPSA) is 88.0 Å². The van der Waals surface area contributed by atoms with Crippen molar-refractivity contribution in [3.63, 3.8) is 0 Å². The van der Waals surface area contributed by atoms with Crippen LogP contribution in [0.4, 0.5) is 8.78 Å². The first-order valence-corrected chi connectivity index (χ1v) is 7.53. The minimum atomic E-state index is -2.78. The van der Waals surface area contributed by atoms with Crippen molar-refractivity contribution >= 4 is 0 Å². The van der Waals surface area contributed by atoms with E-state index in [9.17, 15) is 18.4 Å². The van der Waals surface area contributed by atoms with Gasteiger partial charge in [0, 0.05) is 25.1 Å². The lowest BCUT2D eigenvalue weighted by molar-refractivity contribution is -0.0550. The minimum Gasteiger partial charge on any atom is -0.395 e. The molecule has 1 aromatic rings. The standard InChI is InChI=1S/C15H19F2N3O3/c1-10-12(8-18)13(22)20(14(23)19(10)5-6-21)9-11-3-2-4-15(16,17)7-11/h11,21H,2-7,9H2,1H3. The summed E-state index contributed by atoms with van der Waals surface area (Å²) in [7, 11) is 0. The van der Waals surface area contributed by atoms with E-state index in [0.717, 1.165) is 9.13 Å². The number of hydrogen-bond acceptors (Lipinski definition) is 4. The Morgan fingerprint density at radius 1 is 1.39 bits per heavy atom. The van der Waals surface area contributed by atoms with Crippen molar-refractivity contribution in [2.75, 3.05) is 6.61 Å². The smallest absolute Gasteiger partial charge is 0.331 e. The van der Waals surface area contributed by atoms with Crippen LogP contribution >= 0.6 is 0 Å². The zero-order valence-corrected chi connectivity index (χ0v) is 12.9. The molecule has 23 heavy (non-hydrogen) atoms. The predicted molar refractivity (Wildman–Crippen MR) is 78.4 cm³/mol. The van der Waals surface area contributed by atoms with Crippen molar-refractivity contribution in [2.45, 2.75) is 51.6 Å². The van der Waals surface area contributed by atoms with E-state index >= 15 is 0 Å². The molecular weight excluding hydrogens is 308 g/mol. The molecule has 126 valence electrons. The second-order valence-electron chi connectivity index (χ2n) is 5.96. The molecule has 1 aromatic heterocycles. The van der Waals surface area contributed by atoms with Crippen molar-refractivity contribution in [1.29, 1.82) is 5.26 Å². The van der Waals surface area contributed by atoms with Crippen LogP contribution < -0.4 is 11.2 Å². The first-order chi connectivity index (χ1) is 10.8. The van der Waals surface area contributed by atoms with Crippen LogP contribution in [-0.4, -0.2) is 26.8 Å². The SMILES string of the molecule is Cc1c(C#N)c(=O)n(CC2CCCC(F)(F)C2)c(=O)n1CCO. The Kier molecular flexibility index (Phi) is 5.00. The average molecular weight is 327 g/mol. The molecule has 0 amide bonds. The Hall–Kier alpha value is -2.01. The molecule has 0 aromatic carbocycles. The van der Waals surface area contributed by atoms with E-state index in [1.54, 1.807) is 6.07 Å².